The van der Waals surface area contributed by atoms with Crippen molar-refractivity contribution in [3.05, 3.63) is 82.8 Å². The first-order valence-corrected chi connectivity index (χ1v) is 10.6. The fourth-order valence-electron chi connectivity index (χ4n) is 3.10. The number of sulfonamides is 1. The lowest BCUT2D eigenvalue weighted by Gasteiger charge is -2.13. The summed E-state index contributed by atoms with van der Waals surface area (Å²) in [6.45, 7) is 1.73. The van der Waals surface area contributed by atoms with E-state index < -0.39 is 20.7 Å². The number of aryl methyl sites for hydroxylation is 1. The van der Waals surface area contributed by atoms with Gasteiger partial charge in [-0.15, -0.1) is 0 Å². The zero-order valence-electron chi connectivity index (χ0n) is 16.5. The van der Waals surface area contributed by atoms with Crippen LogP contribution in [0.5, 0.6) is 5.88 Å². The first-order valence-electron chi connectivity index (χ1n) is 9.10. The third-order valence-electron chi connectivity index (χ3n) is 4.54. The molecule has 0 fully saturated rings. The number of methoxy groups -OCH3 is 1. The van der Waals surface area contributed by atoms with E-state index in [0.29, 0.717) is 22.5 Å². The highest BCUT2D eigenvalue weighted by Gasteiger charge is 2.21. The maximum Gasteiger partial charge on any atom is 0.264 e. The van der Waals surface area contributed by atoms with Crippen LogP contribution in [0.15, 0.2) is 70.6 Å². The maximum atomic E-state index is 14.0. The van der Waals surface area contributed by atoms with E-state index in [4.69, 9.17) is 4.74 Å². The van der Waals surface area contributed by atoms with Gasteiger partial charge >= 0.3 is 0 Å². The van der Waals surface area contributed by atoms with Crippen LogP contribution in [0.1, 0.15) is 5.69 Å². The summed E-state index contributed by atoms with van der Waals surface area (Å²) in [7, 11) is -2.89. The highest BCUT2D eigenvalue weighted by atomic mass is 32.2. The van der Waals surface area contributed by atoms with E-state index in [1.54, 1.807) is 25.3 Å². The molecule has 10 heteroatoms. The quantitative estimate of drug-likeness (QED) is 0.512. The second-order valence-corrected chi connectivity index (χ2v) is 8.35. The molecule has 4 aromatic rings. The van der Waals surface area contributed by atoms with Crippen LogP contribution in [0.25, 0.3) is 16.8 Å². The van der Waals surface area contributed by atoms with E-state index in [9.17, 15) is 17.6 Å². The summed E-state index contributed by atoms with van der Waals surface area (Å²) in [5.41, 5.74) is 1.98. The van der Waals surface area contributed by atoms with Crippen LogP contribution in [0.2, 0.25) is 0 Å². The van der Waals surface area contributed by atoms with Gasteiger partial charge in [0.25, 0.3) is 15.6 Å². The van der Waals surface area contributed by atoms with Crippen molar-refractivity contribution in [1.29, 1.82) is 0 Å². The van der Waals surface area contributed by atoms with Crippen LogP contribution < -0.4 is 15.0 Å². The van der Waals surface area contributed by atoms with Gasteiger partial charge in [-0.05, 0) is 37.3 Å². The lowest BCUT2D eigenvalue weighted by atomic mass is 10.1. The van der Waals surface area contributed by atoms with Crippen LogP contribution in [0.3, 0.4) is 0 Å². The molecule has 0 aliphatic carbocycles. The van der Waals surface area contributed by atoms with Crippen molar-refractivity contribution in [3.8, 4) is 17.0 Å². The topological polar surface area (TPSA) is 103 Å². The highest BCUT2D eigenvalue weighted by Crippen LogP contribution is 2.30. The minimum Gasteiger partial charge on any atom is -0.480 e. The molecule has 1 aromatic carbocycles. The Kier molecular flexibility index (Phi) is 5.15. The van der Waals surface area contributed by atoms with Crippen molar-refractivity contribution >= 4 is 21.4 Å². The maximum absolute atomic E-state index is 14.0. The summed E-state index contributed by atoms with van der Waals surface area (Å²) in [4.78, 5) is 20.2. The van der Waals surface area contributed by atoms with Crippen molar-refractivity contribution < 1.29 is 17.5 Å². The van der Waals surface area contributed by atoms with Gasteiger partial charge in [-0.2, -0.15) is 0 Å². The molecule has 0 bridgehead atoms. The van der Waals surface area contributed by atoms with Crippen molar-refractivity contribution in [3.63, 3.8) is 0 Å². The Morgan fingerprint density at radius 1 is 1.10 bits per heavy atom. The molecule has 0 amide bonds. The molecular weight excluding hydrogens is 423 g/mol. The van der Waals surface area contributed by atoms with Crippen molar-refractivity contribution in [2.45, 2.75) is 11.8 Å². The molecule has 158 valence electrons. The number of rotatable bonds is 5. The van der Waals surface area contributed by atoms with Crippen molar-refractivity contribution in [2.24, 2.45) is 0 Å². The van der Waals surface area contributed by atoms with Gasteiger partial charge in [0, 0.05) is 35.3 Å². The molecule has 0 radical (unpaired) electrons. The SMILES string of the molecule is COc1ncc(-c2ccc3nc(C)cc(=O)n3c2)cc1NS(=O)(=O)c1ccccc1F. The van der Waals surface area contributed by atoms with Crippen molar-refractivity contribution in [1.82, 2.24) is 14.4 Å². The van der Waals surface area contributed by atoms with Gasteiger partial charge in [0.2, 0.25) is 5.88 Å². The fourth-order valence-corrected chi connectivity index (χ4v) is 4.23. The third kappa shape index (κ3) is 3.97. The first-order chi connectivity index (χ1) is 14.8. The molecule has 0 saturated heterocycles. The number of anilines is 1. The van der Waals surface area contributed by atoms with E-state index in [1.165, 1.54) is 42.0 Å². The van der Waals surface area contributed by atoms with E-state index in [0.717, 1.165) is 12.1 Å². The standard InChI is InChI=1S/C21H17FN4O4S/c1-13-9-20(27)26-12-14(7-8-19(26)24-13)15-10-17(21(30-2)23-11-15)25-31(28,29)18-6-4-3-5-16(18)22/h3-12,25H,1-2H3. The van der Waals surface area contributed by atoms with Crippen LogP contribution in [-0.4, -0.2) is 29.9 Å². The Morgan fingerprint density at radius 2 is 1.87 bits per heavy atom. The predicted molar refractivity (Wildman–Crippen MR) is 113 cm³/mol. The molecule has 31 heavy (non-hydrogen) atoms. The van der Waals surface area contributed by atoms with Gasteiger partial charge in [0.05, 0.1) is 7.11 Å². The lowest BCUT2D eigenvalue weighted by Crippen LogP contribution is -2.16. The summed E-state index contributed by atoms with van der Waals surface area (Å²) in [5, 5.41) is 0. The number of halogens is 1. The summed E-state index contributed by atoms with van der Waals surface area (Å²) in [6.07, 6.45) is 3.07. The first kappa shape index (κ1) is 20.5. The van der Waals surface area contributed by atoms with Crippen molar-refractivity contribution in [2.75, 3.05) is 11.8 Å². The molecule has 0 atom stereocenters. The molecule has 0 unspecified atom stereocenters. The van der Waals surface area contributed by atoms with Gasteiger partial charge in [-0.25, -0.2) is 22.8 Å². The second kappa shape index (κ2) is 7.80. The van der Waals surface area contributed by atoms with Gasteiger partial charge in [0.15, 0.2) is 0 Å². The average molecular weight is 440 g/mol. The molecule has 3 aromatic heterocycles. The van der Waals surface area contributed by atoms with Crippen LogP contribution in [0, 0.1) is 12.7 Å². The smallest absolute Gasteiger partial charge is 0.264 e. The van der Waals surface area contributed by atoms with E-state index in [1.807, 2.05) is 0 Å². The van der Waals surface area contributed by atoms with Gasteiger partial charge in [0.1, 0.15) is 22.0 Å². The average Bonchev–Trinajstić information content (AvgIpc) is 2.73. The zero-order valence-corrected chi connectivity index (χ0v) is 17.4. The lowest BCUT2D eigenvalue weighted by molar-refractivity contribution is 0.400. The van der Waals surface area contributed by atoms with Crippen LogP contribution >= 0.6 is 0 Å². The molecular formula is C21H17FN4O4S. The van der Waals surface area contributed by atoms with E-state index >= 15 is 0 Å². The molecule has 4 rings (SSSR count). The minimum atomic E-state index is -4.23. The number of aromatic nitrogens is 3. The van der Waals surface area contributed by atoms with Gasteiger partial charge in [-0.3, -0.25) is 13.9 Å². The Bertz CT molecular complexity index is 1470. The van der Waals surface area contributed by atoms with Gasteiger partial charge in [-0.1, -0.05) is 12.1 Å². The minimum absolute atomic E-state index is 0.0129. The summed E-state index contributed by atoms with van der Waals surface area (Å²) in [6, 6.07) is 11.4. The van der Waals surface area contributed by atoms with E-state index in [2.05, 4.69) is 14.7 Å². The predicted octanol–water partition coefficient (Wildman–Crippen LogP) is 3.01. The number of fused-ring (bicyclic) bond motifs is 1. The highest BCUT2D eigenvalue weighted by molar-refractivity contribution is 7.92. The Labute approximate surface area is 177 Å². The number of nitrogens with zero attached hydrogens (tertiary/aromatic N) is 3. The number of ether oxygens (including phenoxy) is 1. The Morgan fingerprint density at radius 3 is 2.61 bits per heavy atom. The Balaban J connectivity index is 1.79. The number of nitrogens with one attached hydrogen (secondary N) is 1. The number of hydrogen-bond acceptors (Lipinski definition) is 6. The molecule has 0 saturated carbocycles. The normalized spacial score (nSPS) is 11.5. The molecule has 8 nitrogen and oxygen atoms in total. The molecule has 1 N–H and O–H groups in total. The Hall–Kier alpha value is -3.79. The van der Waals surface area contributed by atoms with Crippen LogP contribution in [0.4, 0.5) is 10.1 Å². The second-order valence-electron chi connectivity index (χ2n) is 6.70. The largest absolute Gasteiger partial charge is 0.480 e. The molecule has 0 aliphatic heterocycles. The number of benzene rings is 1. The summed E-state index contributed by atoms with van der Waals surface area (Å²) < 4.78 is 48.3. The monoisotopic (exact) mass is 440 g/mol. The van der Waals surface area contributed by atoms with Gasteiger partial charge < -0.3 is 4.74 Å². The van der Waals surface area contributed by atoms with Crippen LogP contribution in [-0.2, 0) is 10.0 Å². The number of pyridine rings is 2. The molecule has 3 heterocycles. The third-order valence-corrected chi connectivity index (χ3v) is 5.93. The summed E-state index contributed by atoms with van der Waals surface area (Å²) >= 11 is 0. The summed E-state index contributed by atoms with van der Waals surface area (Å²) in [5.74, 6) is -0.867. The molecule has 0 aliphatic rings. The molecule has 0 spiro atoms. The number of hydrogen-bond donors (Lipinski definition) is 1. The van der Waals surface area contributed by atoms with E-state index in [-0.39, 0.29) is 17.1 Å². The zero-order chi connectivity index (χ0) is 22.2. The fraction of sp³-hybridized carbons (Fsp3) is 0.0952.